The van der Waals surface area contributed by atoms with E-state index >= 15 is 0 Å². The molecule has 0 aromatic carbocycles. The molecule has 3 heteroatoms. The Labute approximate surface area is 47.3 Å². The van der Waals surface area contributed by atoms with Gasteiger partial charge in [-0.1, -0.05) is 6.58 Å². The summed E-state index contributed by atoms with van der Waals surface area (Å²) >= 11 is 0. The lowest BCUT2D eigenvalue weighted by molar-refractivity contribution is -0.137. The first-order chi connectivity index (χ1) is 3.63. The molecule has 0 fully saturated rings. The Morgan fingerprint density at radius 3 is 2.00 bits per heavy atom. The molecule has 8 heavy (non-hydrogen) atoms. The maximum absolute atomic E-state index is 9.75. The minimum absolute atomic E-state index is 0.0463. The fourth-order valence-corrected chi connectivity index (χ4v) is 0.251. The summed E-state index contributed by atoms with van der Waals surface area (Å²) in [7, 11) is 0. The van der Waals surface area contributed by atoms with Crippen LogP contribution < -0.4 is 0 Å². The average molecular weight is 116 g/mol. The molecule has 0 aliphatic carbocycles. The number of aliphatic hydroxyl groups is 1. The highest BCUT2D eigenvalue weighted by atomic mass is 16.4. The second kappa shape index (κ2) is 3.07. The second-order valence-corrected chi connectivity index (χ2v) is 1.46. The summed E-state index contributed by atoms with van der Waals surface area (Å²) in [6.45, 7) is 3.12. The molecule has 0 spiro atoms. The predicted molar refractivity (Wildman–Crippen MR) is 28.6 cm³/mol. The summed E-state index contributed by atoms with van der Waals surface area (Å²) in [5, 5.41) is 16.4. The van der Waals surface area contributed by atoms with Gasteiger partial charge in [0.1, 0.15) is 0 Å². The number of allylic oxidation sites excluding steroid dienone is 1. The van der Waals surface area contributed by atoms with E-state index in [0.29, 0.717) is 0 Å². The minimum atomic E-state index is -0.916. The summed E-state index contributed by atoms with van der Waals surface area (Å²) in [5.41, 5.74) is 0. The number of rotatable bonds is 3. The summed E-state index contributed by atoms with van der Waals surface area (Å²) in [6.07, 6.45) is 0.102. The smallest absolute Gasteiger partial charge is 0.303 e. The maximum Gasteiger partial charge on any atom is 0.303 e. The van der Waals surface area contributed by atoms with E-state index in [0.717, 1.165) is 0 Å². The Balaban J connectivity index is 3.18. The molecule has 0 radical (unpaired) electrons. The van der Waals surface area contributed by atoms with Gasteiger partial charge in [0.25, 0.3) is 0 Å². The van der Waals surface area contributed by atoms with E-state index in [1.165, 1.54) is 0 Å². The molecule has 2 N–H and O–H groups in total. The van der Waals surface area contributed by atoms with Crippen LogP contribution >= 0.6 is 0 Å². The van der Waals surface area contributed by atoms with Crippen LogP contribution in [0.25, 0.3) is 0 Å². The first kappa shape index (κ1) is 7.01. The van der Waals surface area contributed by atoms with Crippen molar-refractivity contribution in [3.05, 3.63) is 12.3 Å². The second-order valence-electron chi connectivity index (χ2n) is 1.46. The van der Waals surface area contributed by atoms with Crippen molar-refractivity contribution < 1.29 is 15.0 Å². The molecule has 0 aromatic heterocycles. The fourth-order valence-electron chi connectivity index (χ4n) is 0.251. The number of aliphatic carboxylic acids is 1. The van der Waals surface area contributed by atoms with Crippen molar-refractivity contribution in [2.75, 3.05) is 0 Å². The van der Waals surface area contributed by atoms with Gasteiger partial charge in [0.05, 0.1) is 12.2 Å². The minimum Gasteiger partial charge on any atom is -0.513 e. The van der Waals surface area contributed by atoms with E-state index in [1.54, 1.807) is 0 Å². The van der Waals surface area contributed by atoms with Crippen LogP contribution in [0, 0.1) is 0 Å². The van der Waals surface area contributed by atoms with Crippen molar-refractivity contribution in [1.29, 1.82) is 0 Å². The molecule has 0 saturated heterocycles. The fraction of sp³-hybridized carbons (Fsp3) is 0.400. The van der Waals surface area contributed by atoms with Crippen LogP contribution in [-0.2, 0) is 4.79 Å². The summed E-state index contributed by atoms with van der Waals surface area (Å²) in [5.74, 6) is -0.993. The van der Waals surface area contributed by atoms with Gasteiger partial charge in [-0.05, 0) is 0 Å². The van der Waals surface area contributed by atoms with E-state index in [1.807, 2.05) is 0 Å². The van der Waals surface area contributed by atoms with E-state index in [-0.39, 0.29) is 18.6 Å². The van der Waals surface area contributed by atoms with E-state index in [9.17, 15) is 4.79 Å². The SMILES string of the molecule is C=C(O)CCC(=O)O. The third-order valence-corrected chi connectivity index (χ3v) is 0.627. The highest BCUT2D eigenvalue weighted by Crippen LogP contribution is 1.95. The van der Waals surface area contributed by atoms with Crippen molar-refractivity contribution in [2.24, 2.45) is 0 Å². The molecule has 0 amide bonds. The van der Waals surface area contributed by atoms with E-state index < -0.39 is 5.97 Å². The van der Waals surface area contributed by atoms with Gasteiger partial charge in [0, 0.05) is 6.42 Å². The number of carbonyl (C=O) groups is 1. The molecular formula is C5H8O3. The lowest BCUT2D eigenvalue weighted by atomic mass is 10.3. The number of carboxylic acid groups (broad SMARTS) is 1. The van der Waals surface area contributed by atoms with Crippen molar-refractivity contribution in [2.45, 2.75) is 12.8 Å². The lowest BCUT2D eigenvalue weighted by Gasteiger charge is -1.90. The van der Waals surface area contributed by atoms with Crippen molar-refractivity contribution in [3.8, 4) is 0 Å². The number of aliphatic hydroxyl groups excluding tert-OH is 1. The molecule has 0 atom stereocenters. The molecule has 0 aliphatic rings. The Morgan fingerprint density at radius 2 is 1.88 bits per heavy atom. The summed E-state index contributed by atoms with van der Waals surface area (Å²) in [4.78, 5) is 9.75. The molecular weight excluding hydrogens is 108 g/mol. The van der Waals surface area contributed by atoms with Crippen molar-refractivity contribution in [3.63, 3.8) is 0 Å². The van der Waals surface area contributed by atoms with Gasteiger partial charge in [-0.15, -0.1) is 0 Å². The lowest BCUT2D eigenvalue weighted by Crippen LogP contribution is -1.94. The number of hydrogen-bond donors (Lipinski definition) is 2. The van der Waals surface area contributed by atoms with Crippen molar-refractivity contribution >= 4 is 5.97 Å². The van der Waals surface area contributed by atoms with Gasteiger partial charge in [0.2, 0.25) is 0 Å². The van der Waals surface area contributed by atoms with Gasteiger partial charge >= 0.3 is 5.97 Å². The zero-order valence-corrected chi connectivity index (χ0v) is 4.42. The van der Waals surface area contributed by atoms with Gasteiger partial charge < -0.3 is 10.2 Å². The van der Waals surface area contributed by atoms with Gasteiger partial charge in [-0.2, -0.15) is 0 Å². The molecule has 0 unspecified atom stereocenters. The highest BCUT2D eigenvalue weighted by Gasteiger charge is 1.95. The van der Waals surface area contributed by atoms with E-state index in [2.05, 4.69) is 6.58 Å². The third-order valence-electron chi connectivity index (χ3n) is 0.627. The standard InChI is InChI=1S/C5H8O3/c1-4(6)2-3-5(7)8/h6H,1-3H2,(H,7,8). The predicted octanol–water partition coefficient (Wildman–Crippen LogP) is 0.923. The Kier molecular flexibility index (Phi) is 2.69. The van der Waals surface area contributed by atoms with Crippen LogP contribution in [0.2, 0.25) is 0 Å². The third kappa shape index (κ3) is 5.01. The van der Waals surface area contributed by atoms with Crippen LogP contribution in [0.15, 0.2) is 12.3 Å². The van der Waals surface area contributed by atoms with Crippen LogP contribution in [0.3, 0.4) is 0 Å². The van der Waals surface area contributed by atoms with Crippen LogP contribution in [0.5, 0.6) is 0 Å². The molecule has 0 bridgehead atoms. The van der Waals surface area contributed by atoms with Crippen molar-refractivity contribution in [1.82, 2.24) is 0 Å². The molecule has 3 nitrogen and oxygen atoms in total. The molecule has 0 rings (SSSR count). The molecule has 46 valence electrons. The van der Waals surface area contributed by atoms with Gasteiger partial charge in [0.15, 0.2) is 0 Å². The first-order valence-electron chi connectivity index (χ1n) is 2.21. The monoisotopic (exact) mass is 116 g/mol. The number of hydrogen-bond acceptors (Lipinski definition) is 2. The van der Waals surface area contributed by atoms with E-state index in [4.69, 9.17) is 10.2 Å². The normalized spacial score (nSPS) is 8.50. The van der Waals surface area contributed by atoms with Crippen LogP contribution in [0.4, 0.5) is 0 Å². The zero-order valence-electron chi connectivity index (χ0n) is 4.42. The zero-order chi connectivity index (χ0) is 6.57. The number of carboxylic acids is 1. The molecule has 0 aliphatic heterocycles. The Hall–Kier alpha value is -0.990. The summed E-state index contributed by atoms with van der Waals surface area (Å²) in [6, 6.07) is 0. The largest absolute Gasteiger partial charge is 0.513 e. The topological polar surface area (TPSA) is 57.5 Å². The molecule has 0 aromatic rings. The highest BCUT2D eigenvalue weighted by molar-refractivity contribution is 5.66. The van der Waals surface area contributed by atoms with Gasteiger partial charge in [-0.3, -0.25) is 4.79 Å². The van der Waals surface area contributed by atoms with Crippen LogP contribution in [0.1, 0.15) is 12.8 Å². The molecule has 0 saturated carbocycles. The first-order valence-corrected chi connectivity index (χ1v) is 2.21. The van der Waals surface area contributed by atoms with Crippen LogP contribution in [-0.4, -0.2) is 16.2 Å². The maximum atomic E-state index is 9.75. The average Bonchev–Trinajstić information content (AvgIpc) is 1.61. The Morgan fingerprint density at radius 1 is 1.38 bits per heavy atom. The molecule has 0 heterocycles. The quantitative estimate of drug-likeness (QED) is 0.539. The summed E-state index contributed by atoms with van der Waals surface area (Å²) < 4.78 is 0. The van der Waals surface area contributed by atoms with Gasteiger partial charge in [-0.25, -0.2) is 0 Å². The Bertz CT molecular complexity index is 92.2.